The van der Waals surface area contributed by atoms with Crippen LogP contribution in [-0.4, -0.2) is 31.2 Å². The fourth-order valence-electron chi connectivity index (χ4n) is 1.65. The van der Waals surface area contributed by atoms with Crippen LogP contribution in [0.4, 0.5) is 0 Å². The van der Waals surface area contributed by atoms with Gasteiger partial charge in [0, 0.05) is 6.54 Å². The third-order valence-corrected chi connectivity index (χ3v) is 5.62. The molecule has 19 heavy (non-hydrogen) atoms. The molecule has 0 aliphatic heterocycles. The number of nitrogens with one attached hydrogen (secondary N) is 1. The van der Waals surface area contributed by atoms with Gasteiger partial charge in [-0.25, -0.2) is 18.1 Å². The van der Waals surface area contributed by atoms with E-state index in [2.05, 4.69) is 9.71 Å². The molecule has 0 aliphatic carbocycles. The van der Waals surface area contributed by atoms with Crippen LogP contribution < -0.4 is 4.72 Å². The van der Waals surface area contributed by atoms with Crippen LogP contribution in [0.5, 0.6) is 0 Å². The highest BCUT2D eigenvalue weighted by Gasteiger charge is 2.23. The van der Waals surface area contributed by atoms with Crippen LogP contribution >= 0.6 is 22.9 Å². The molecule has 0 aromatic carbocycles. The van der Waals surface area contributed by atoms with Crippen molar-refractivity contribution in [1.29, 1.82) is 0 Å². The van der Waals surface area contributed by atoms with Gasteiger partial charge in [-0.15, -0.1) is 0 Å². The number of hydrogen-bond acceptors (Lipinski definition) is 5. The minimum Gasteiger partial charge on any atom is -0.392 e. The van der Waals surface area contributed by atoms with Crippen molar-refractivity contribution in [1.82, 2.24) is 9.71 Å². The Morgan fingerprint density at radius 1 is 1.47 bits per heavy atom. The highest BCUT2D eigenvalue weighted by molar-refractivity contribution is 7.91. The van der Waals surface area contributed by atoms with Gasteiger partial charge in [-0.2, -0.15) is 0 Å². The van der Waals surface area contributed by atoms with Crippen molar-refractivity contribution in [3.05, 3.63) is 10.2 Å². The third-order valence-electron chi connectivity index (χ3n) is 2.33. The van der Waals surface area contributed by atoms with Crippen LogP contribution in [0.1, 0.15) is 32.9 Å². The van der Waals surface area contributed by atoms with Crippen LogP contribution in [0.15, 0.2) is 4.21 Å². The van der Waals surface area contributed by atoms with Gasteiger partial charge in [-0.1, -0.05) is 43.7 Å². The first-order chi connectivity index (χ1) is 8.51. The molecule has 1 aromatic rings. The lowest BCUT2D eigenvalue weighted by Crippen LogP contribution is -2.34. The molecular weight excluding hydrogens is 308 g/mol. The standard InChI is InChI=1S/C11H19ClN2O3S2/c1-7-9(18-10(12)14-7)19(16,17)13-6-8(15)5-11(2,3)4/h8,13,15H,5-6H2,1-4H3. The zero-order valence-corrected chi connectivity index (χ0v) is 13.8. The van der Waals surface area contributed by atoms with Crippen LogP contribution in [0.25, 0.3) is 0 Å². The molecular formula is C11H19ClN2O3S2. The van der Waals surface area contributed by atoms with E-state index in [1.54, 1.807) is 6.92 Å². The molecule has 1 atom stereocenters. The lowest BCUT2D eigenvalue weighted by Gasteiger charge is -2.22. The minimum absolute atomic E-state index is 0.0193. The van der Waals surface area contributed by atoms with Gasteiger partial charge >= 0.3 is 0 Å². The van der Waals surface area contributed by atoms with E-state index in [9.17, 15) is 13.5 Å². The molecule has 2 N–H and O–H groups in total. The number of hydrogen-bond donors (Lipinski definition) is 2. The molecule has 0 saturated carbocycles. The number of aromatic nitrogens is 1. The first-order valence-electron chi connectivity index (χ1n) is 5.82. The lowest BCUT2D eigenvalue weighted by molar-refractivity contribution is 0.125. The zero-order chi connectivity index (χ0) is 14.8. The monoisotopic (exact) mass is 326 g/mol. The van der Waals surface area contributed by atoms with Crippen LogP contribution in [0.3, 0.4) is 0 Å². The van der Waals surface area contributed by atoms with Crippen molar-refractivity contribution in [2.75, 3.05) is 6.54 Å². The zero-order valence-electron chi connectivity index (χ0n) is 11.4. The molecule has 0 bridgehead atoms. The normalized spacial score (nSPS) is 14.6. The van der Waals surface area contributed by atoms with E-state index in [4.69, 9.17) is 11.6 Å². The van der Waals surface area contributed by atoms with Crippen molar-refractivity contribution in [2.24, 2.45) is 5.41 Å². The second-order valence-electron chi connectivity index (χ2n) is 5.61. The van der Waals surface area contributed by atoms with Crippen molar-refractivity contribution in [2.45, 2.75) is 44.4 Å². The number of halogens is 1. The van der Waals surface area contributed by atoms with Gasteiger partial charge in [0.15, 0.2) is 8.68 Å². The lowest BCUT2D eigenvalue weighted by atomic mass is 9.89. The maximum atomic E-state index is 12.0. The fourth-order valence-corrected chi connectivity index (χ4v) is 4.50. The van der Waals surface area contributed by atoms with E-state index in [0.717, 1.165) is 11.3 Å². The third kappa shape index (κ3) is 5.35. The number of nitrogens with zero attached hydrogens (tertiary/aromatic N) is 1. The topological polar surface area (TPSA) is 79.3 Å². The molecule has 0 radical (unpaired) electrons. The van der Waals surface area contributed by atoms with Gasteiger partial charge in [0.1, 0.15) is 0 Å². The molecule has 0 saturated heterocycles. The van der Waals surface area contributed by atoms with E-state index >= 15 is 0 Å². The van der Waals surface area contributed by atoms with Gasteiger partial charge in [-0.05, 0) is 18.8 Å². The summed E-state index contributed by atoms with van der Waals surface area (Å²) in [5.41, 5.74) is 0.307. The van der Waals surface area contributed by atoms with Crippen molar-refractivity contribution in [3.8, 4) is 0 Å². The maximum Gasteiger partial charge on any atom is 0.252 e. The number of thiazole rings is 1. The molecule has 110 valence electrons. The van der Waals surface area contributed by atoms with E-state index in [1.165, 1.54) is 0 Å². The molecule has 1 unspecified atom stereocenters. The van der Waals surface area contributed by atoms with Gasteiger partial charge in [0.2, 0.25) is 0 Å². The summed E-state index contributed by atoms with van der Waals surface area (Å²) >= 11 is 6.60. The maximum absolute atomic E-state index is 12.0. The second kappa shape index (κ2) is 6.05. The number of aliphatic hydroxyl groups is 1. The molecule has 1 aromatic heterocycles. The summed E-state index contributed by atoms with van der Waals surface area (Å²) in [5, 5.41) is 9.80. The quantitative estimate of drug-likeness (QED) is 0.869. The fraction of sp³-hybridized carbons (Fsp3) is 0.727. The van der Waals surface area contributed by atoms with Crippen molar-refractivity contribution in [3.63, 3.8) is 0 Å². The van der Waals surface area contributed by atoms with Gasteiger partial charge in [0.25, 0.3) is 10.0 Å². The van der Waals surface area contributed by atoms with Crippen molar-refractivity contribution < 1.29 is 13.5 Å². The van der Waals surface area contributed by atoms with E-state index in [1.807, 2.05) is 20.8 Å². The first-order valence-corrected chi connectivity index (χ1v) is 8.50. The molecule has 0 spiro atoms. The average Bonchev–Trinajstić information content (AvgIpc) is 2.53. The van der Waals surface area contributed by atoms with E-state index in [-0.39, 0.29) is 20.6 Å². The smallest absolute Gasteiger partial charge is 0.252 e. The number of sulfonamides is 1. The number of aryl methyl sites for hydroxylation is 1. The summed E-state index contributed by atoms with van der Waals surface area (Å²) in [6, 6.07) is 0. The highest BCUT2D eigenvalue weighted by Crippen LogP contribution is 2.26. The Morgan fingerprint density at radius 3 is 2.47 bits per heavy atom. The highest BCUT2D eigenvalue weighted by atomic mass is 35.5. The van der Waals surface area contributed by atoms with Gasteiger partial charge in [0.05, 0.1) is 11.8 Å². The molecule has 0 fully saturated rings. The summed E-state index contributed by atoms with van der Waals surface area (Å²) in [7, 11) is -3.66. The number of aliphatic hydroxyl groups excluding tert-OH is 1. The predicted octanol–water partition coefficient (Wildman–Crippen LogP) is 2.18. The molecule has 0 aliphatic rings. The molecule has 1 heterocycles. The number of rotatable bonds is 5. The molecule has 1 rings (SSSR count). The molecule has 8 heteroatoms. The Morgan fingerprint density at radius 2 is 2.05 bits per heavy atom. The summed E-state index contributed by atoms with van der Waals surface area (Å²) in [5.74, 6) is 0. The van der Waals surface area contributed by atoms with Crippen molar-refractivity contribution >= 4 is 33.0 Å². The Labute approximate surface area is 123 Å². The summed E-state index contributed by atoms with van der Waals surface area (Å²) in [6.07, 6.45) is -0.212. The summed E-state index contributed by atoms with van der Waals surface area (Å²) < 4.78 is 26.7. The van der Waals surface area contributed by atoms with Crippen LogP contribution in [0.2, 0.25) is 4.47 Å². The van der Waals surface area contributed by atoms with E-state index in [0.29, 0.717) is 12.1 Å². The minimum atomic E-state index is -3.66. The van der Waals surface area contributed by atoms with Crippen LogP contribution in [-0.2, 0) is 10.0 Å². The first kappa shape index (κ1) is 16.8. The average molecular weight is 327 g/mol. The van der Waals surface area contributed by atoms with Gasteiger partial charge < -0.3 is 5.11 Å². The molecule has 5 nitrogen and oxygen atoms in total. The Bertz CT molecular complexity index is 535. The molecule has 0 amide bonds. The van der Waals surface area contributed by atoms with Crippen LogP contribution in [0, 0.1) is 12.3 Å². The summed E-state index contributed by atoms with van der Waals surface area (Å²) in [6.45, 7) is 7.52. The largest absolute Gasteiger partial charge is 0.392 e. The van der Waals surface area contributed by atoms with Gasteiger partial charge in [-0.3, -0.25) is 0 Å². The Balaban J connectivity index is 2.69. The predicted molar refractivity (Wildman–Crippen MR) is 77.1 cm³/mol. The van der Waals surface area contributed by atoms with E-state index < -0.39 is 16.1 Å². The second-order valence-corrected chi connectivity index (χ2v) is 9.15. The Kier molecular flexibility index (Phi) is 5.36. The Hall–Kier alpha value is -0.210. The summed E-state index contributed by atoms with van der Waals surface area (Å²) in [4.78, 5) is 3.87. The SMILES string of the molecule is Cc1nc(Cl)sc1S(=O)(=O)NCC(O)CC(C)(C)C.